The van der Waals surface area contributed by atoms with E-state index >= 15 is 0 Å². The minimum atomic E-state index is -0.957. The van der Waals surface area contributed by atoms with Crippen molar-refractivity contribution in [3.8, 4) is 0 Å². The molecular formula is C17H31NO4. The second kappa shape index (κ2) is 5.46. The molecule has 5 nitrogen and oxygen atoms in total. The van der Waals surface area contributed by atoms with Crippen LogP contribution in [0.25, 0.3) is 0 Å². The Labute approximate surface area is 133 Å². The molecule has 2 aliphatic heterocycles. The van der Waals surface area contributed by atoms with Crippen molar-refractivity contribution in [1.29, 1.82) is 0 Å². The van der Waals surface area contributed by atoms with Crippen LogP contribution in [0.15, 0.2) is 0 Å². The highest BCUT2D eigenvalue weighted by molar-refractivity contribution is 5.74. The third-order valence-electron chi connectivity index (χ3n) is 6.14. The molecule has 2 heterocycles. The van der Waals surface area contributed by atoms with Crippen LogP contribution in [-0.4, -0.2) is 41.2 Å². The van der Waals surface area contributed by atoms with Crippen molar-refractivity contribution in [2.75, 3.05) is 13.2 Å². The van der Waals surface area contributed by atoms with E-state index in [1.807, 2.05) is 0 Å². The number of rotatable bonds is 3. The Morgan fingerprint density at radius 3 is 2.14 bits per heavy atom. The molecule has 0 aliphatic carbocycles. The first-order valence-electron chi connectivity index (χ1n) is 8.35. The highest BCUT2D eigenvalue weighted by Gasteiger charge is 2.59. The fourth-order valence-electron chi connectivity index (χ4n) is 3.75. The van der Waals surface area contributed by atoms with Gasteiger partial charge in [0.25, 0.3) is 0 Å². The number of piperidine rings is 1. The normalized spacial score (nSPS) is 49.3. The number of hydrogen-bond acceptors (Lipinski definition) is 4. The molecule has 128 valence electrons. The van der Waals surface area contributed by atoms with E-state index in [1.165, 1.54) is 0 Å². The second-order valence-corrected chi connectivity index (χ2v) is 7.96. The first kappa shape index (κ1) is 17.7. The van der Waals surface area contributed by atoms with Crippen molar-refractivity contribution in [3.05, 3.63) is 0 Å². The summed E-state index contributed by atoms with van der Waals surface area (Å²) < 4.78 is 12.3. The maximum atomic E-state index is 11.4. The standard InChI is InChI=1S/C17H31NO4/c1-7-15(5)9-17(12(3)16(6,8-2)18-15)21-10-14(4,11-22-17)13(19)20/h12,18H,7-11H2,1-6H3,(H,19,20). The minimum absolute atomic E-state index is 0.0752. The van der Waals surface area contributed by atoms with Gasteiger partial charge in [0, 0.05) is 23.4 Å². The van der Waals surface area contributed by atoms with Crippen LogP contribution in [0, 0.1) is 11.3 Å². The van der Waals surface area contributed by atoms with E-state index in [4.69, 9.17) is 9.47 Å². The molecule has 2 fully saturated rings. The SMILES string of the molecule is CCC1(C)CC2(OCC(C)(C(=O)O)CO2)C(C)C(C)(CC)N1. The lowest BCUT2D eigenvalue weighted by molar-refractivity contribution is -0.347. The molecule has 0 aromatic heterocycles. The number of nitrogens with one attached hydrogen (secondary N) is 1. The van der Waals surface area contributed by atoms with E-state index in [2.05, 4.69) is 39.9 Å². The van der Waals surface area contributed by atoms with Crippen molar-refractivity contribution < 1.29 is 19.4 Å². The molecule has 0 saturated carbocycles. The fourth-order valence-corrected chi connectivity index (χ4v) is 3.75. The lowest BCUT2D eigenvalue weighted by Gasteiger charge is -2.60. The Morgan fingerprint density at radius 1 is 1.18 bits per heavy atom. The van der Waals surface area contributed by atoms with Gasteiger partial charge >= 0.3 is 5.97 Å². The number of carbonyl (C=O) groups is 1. The van der Waals surface area contributed by atoms with Crippen molar-refractivity contribution >= 4 is 5.97 Å². The van der Waals surface area contributed by atoms with Crippen LogP contribution in [-0.2, 0) is 14.3 Å². The smallest absolute Gasteiger partial charge is 0.314 e. The molecule has 5 heteroatoms. The fraction of sp³-hybridized carbons (Fsp3) is 0.941. The molecule has 2 rings (SSSR count). The predicted octanol–water partition coefficient (Wildman–Crippen LogP) is 2.79. The summed E-state index contributed by atoms with van der Waals surface area (Å²) in [5.74, 6) is -1.42. The second-order valence-electron chi connectivity index (χ2n) is 7.96. The topological polar surface area (TPSA) is 67.8 Å². The van der Waals surface area contributed by atoms with E-state index in [0.29, 0.717) is 0 Å². The molecule has 0 aromatic carbocycles. The van der Waals surface area contributed by atoms with Gasteiger partial charge in [0.15, 0.2) is 5.79 Å². The number of aliphatic carboxylic acids is 1. The average molecular weight is 313 g/mol. The summed E-state index contributed by atoms with van der Waals surface area (Å²) in [7, 11) is 0. The molecule has 3 unspecified atom stereocenters. The third kappa shape index (κ3) is 2.68. The van der Waals surface area contributed by atoms with E-state index in [9.17, 15) is 9.90 Å². The molecule has 0 amide bonds. The maximum absolute atomic E-state index is 11.4. The van der Waals surface area contributed by atoms with Crippen LogP contribution in [0.1, 0.15) is 60.8 Å². The van der Waals surface area contributed by atoms with Crippen LogP contribution in [0.4, 0.5) is 0 Å². The van der Waals surface area contributed by atoms with Crippen LogP contribution in [0.2, 0.25) is 0 Å². The van der Waals surface area contributed by atoms with Gasteiger partial charge in [-0.1, -0.05) is 20.8 Å². The van der Waals surface area contributed by atoms with Crippen LogP contribution >= 0.6 is 0 Å². The summed E-state index contributed by atoms with van der Waals surface area (Å²) in [6.45, 7) is 13.0. The molecular weight excluding hydrogens is 282 g/mol. The van der Waals surface area contributed by atoms with Crippen LogP contribution in [0.3, 0.4) is 0 Å². The Bertz CT molecular complexity index is 444. The Hall–Kier alpha value is -0.650. The average Bonchev–Trinajstić information content (AvgIpc) is 2.48. The molecule has 22 heavy (non-hydrogen) atoms. The third-order valence-corrected chi connectivity index (χ3v) is 6.14. The Balaban J connectivity index is 2.31. The van der Waals surface area contributed by atoms with Crippen LogP contribution in [0.5, 0.6) is 0 Å². The highest BCUT2D eigenvalue weighted by Crippen LogP contribution is 2.49. The molecule has 2 aliphatic rings. The molecule has 2 saturated heterocycles. The predicted molar refractivity (Wildman–Crippen MR) is 84.7 cm³/mol. The number of ether oxygens (including phenoxy) is 2. The Morgan fingerprint density at radius 2 is 1.73 bits per heavy atom. The van der Waals surface area contributed by atoms with Crippen molar-refractivity contribution in [2.45, 2.75) is 77.7 Å². The summed E-state index contributed by atoms with van der Waals surface area (Å²) in [4.78, 5) is 11.4. The van der Waals surface area contributed by atoms with Crippen LogP contribution < -0.4 is 5.32 Å². The van der Waals surface area contributed by atoms with Gasteiger partial charge in [0.1, 0.15) is 5.41 Å². The molecule has 0 aromatic rings. The molecule has 3 atom stereocenters. The quantitative estimate of drug-likeness (QED) is 0.838. The van der Waals surface area contributed by atoms with Gasteiger partial charge in [-0.15, -0.1) is 0 Å². The number of hydrogen-bond donors (Lipinski definition) is 2. The van der Waals surface area contributed by atoms with E-state index in [1.54, 1.807) is 6.92 Å². The van der Waals surface area contributed by atoms with Gasteiger partial charge < -0.3 is 19.9 Å². The zero-order valence-corrected chi connectivity index (χ0v) is 14.8. The monoisotopic (exact) mass is 313 g/mol. The lowest BCUT2D eigenvalue weighted by atomic mass is 9.67. The van der Waals surface area contributed by atoms with Gasteiger partial charge in [0.05, 0.1) is 13.2 Å². The van der Waals surface area contributed by atoms with Gasteiger partial charge in [-0.3, -0.25) is 4.79 Å². The van der Waals surface area contributed by atoms with E-state index < -0.39 is 17.2 Å². The van der Waals surface area contributed by atoms with Gasteiger partial charge in [-0.25, -0.2) is 0 Å². The van der Waals surface area contributed by atoms with Crippen molar-refractivity contribution in [1.82, 2.24) is 5.32 Å². The highest BCUT2D eigenvalue weighted by atomic mass is 16.7. The largest absolute Gasteiger partial charge is 0.481 e. The van der Waals surface area contributed by atoms with Gasteiger partial charge in [-0.05, 0) is 33.6 Å². The van der Waals surface area contributed by atoms with Crippen molar-refractivity contribution in [3.63, 3.8) is 0 Å². The summed E-state index contributed by atoms with van der Waals surface area (Å²) in [5.41, 5.74) is -1.13. The van der Waals surface area contributed by atoms with E-state index in [0.717, 1.165) is 19.3 Å². The first-order valence-corrected chi connectivity index (χ1v) is 8.35. The van der Waals surface area contributed by atoms with Crippen molar-refractivity contribution in [2.24, 2.45) is 11.3 Å². The summed E-state index contributed by atoms with van der Waals surface area (Å²) in [6.07, 6.45) is 2.68. The Kier molecular flexibility index (Phi) is 4.39. The first-order chi connectivity index (χ1) is 10.0. The molecule has 1 spiro atoms. The summed E-state index contributed by atoms with van der Waals surface area (Å²) in [6, 6.07) is 0. The molecule has 2 N–H and O–H groups in total. The molecule has 0 radical (unpaired) electrons. The van der Waals surface area contributed by atoms with Gasteiger partial charge in [0.2, 0.25) is 0 Å². The number of carboxylic acids is 1. The van der Waals surface area contributed by atoms with E-state index in [-0.39, 0.29) is 30.2 Å². The lowest BCUT2D eigenvalue weighted by Crippen LogP contribution is -2.73. The summed E-state index contributed by atoms with van der Waals surface area (Å²) in [5, 5.41) is 13.2. The maximum Gasteiger partial charge on any atom is 0.314 e. The zero-order chi connectivity index (χ0) is 16.8. The van der Waals surface area contributed by atoms with Gasteiger partial charge in [-0.2, -0.15) is 0 Å². The number of carboxylic acid groups (broad SMARTS) is 1. The molecule has 0 bridgehead atoms. The minimum Gasteiger partial charge on any atom is -0.481 e. The zero-order valence-electron chi connectivity index (χ0n) is 14.8. The summed E-state index contributed by atoms with van der Waals surface area (Å²) >= 11 is 0.